The van der Waals surface area contributed by atoms with Gasteiger partial charge in [-0.15, -0.1) is 22.7 Å². The highest BCUT2D eigenvalue weighted by Gasteiger charge is 2.34. The second-order valence-electron chi connectivity index (χ2n) is 6.21. The van der Waals surface area contributed by atoms with Crippen LogP contribution in [0.2, 0.25) is 0 Å². The van der Waals surface area contributed by atoms with Gasteiger partial charge in [0.15, 0.2) is 0 Å². The molecule has 22 heavy (non-hydrogen) atoms. The van der Waals surface area contributed by atoms with Gasteiger partial charge in [0.2, 0.25) is 0 Å². The van der Waals surface area contributed by atoms with Gasteiger partial charge in [-0.25, -0.2) is 4.98 Å². The van der Waals surface area contributed by atoms with E-state index in [0.29, 0.717) is 6.54 Å². The van der Waals surface area contributed by atoms with Crippen molar-refractivity contribution in [1.82, 2.24) is 9.88 Å². The van der Waals surface area contributed by atoms with Gasteiger partial charge in [0.05, 0.1) is 17.2 Å². The molecule has 0 unspecified atom stereocenters. The summed E-state index contributed by atoms with van der Waals surface area (Å²) in [5, 5.41) is 12.5. The molecule has 6 heteroatoms. The summed E-state index contributed by atoms with van der Waals surface area (Å²) in [6, 6.07) is 4.02. The molecule has 0 bridgehead atoms. The number of carbonyl (C=O) groups excluding carboxylic acids is 1. The molecule has 2 aromatic heterocycles. The number of thiophene rings is 1. The topological polar surface area (TPSA) is 53.4 Å². The van der Waals surface area contributed by atoms with Gasteiger partial charge in [-0.2, -0.15) is 0 Å². The first-order valence-corrected chi connectivity index (χ1v) is 9.13. The van der Waals surface area contributed by atoms with Gasteiger partial charge in [-0.1, -0.05) is 13.0 Å². The van der Waals surface area contributed by atoms with Gasteiger partial charge < -0.3 is 10.0 Å². The van der Waals surface area contributed by atoms with Crippen molar-refractivity contribution in [3.05, 3.63) is 28.1 Å². The number of likely N-dealkylation sites (tertiary alicyclic amines) is 1. The van der Waals surface area contributed by atoms with E-state index in [9.17, 15) is 9.90 Å². The Morgan fingerprint density at radius 2 is 2.36 bits per heavy atom. The van der Waals surface area contributed by atoms with Crippen molar-refractivity contribution in [2.24, 2.45) is 5.41 Å². The van der Waals surface area contributed by atoms with E-state index in [-0.39, 0.29) is 17.9 Å². The van der Waals surface area contributed by atoms with E-state index in [0.717, 1.165) is 39.8 Å². The Morgan fingerprint density at radius 1 is 1.55 bits per heavy atom. The summed E-state index contributed by atoms with van der Waals surface area (Å²) < 4.78 is 0. The molecule has 2 aromatic rings. The molecule has 3 heterocycles. The number of rotatable bonds is 3. The Hall–Kier alpha value is -1.24. The predicted molar refractivity (Wildman–Crippen MR) is 90.5 cm³/mol. The zero-order chi connectivity index (χ0) is 15.7. The summed E-state index contributed by atoms with van der Waals surface area (Å²) in [5.41, 5.74) is 0.623. The standard InChI is InChI=1S/C16H20N2O2S2/c1-11-13(22-14(17-11)12-5-3-8-21-12)15(20)18-7-4-6-16(2,9-18)10-19/h3,5,8,19H,4,6-7,9-10H2,1-2H3/t16-/m0/s1. The SMILES string of the molecule is Cc1nc(-c2cccs2)sc1C(=O)N1CCC[C@](C)(CO)C1. The lowest BCUT2D eigenvalue weighted by Gasteiger charge is -2.39. The maximum atomic E-state index is 12.8. The van der Waals surface area contributed by atoms with Crippen molar-refractivity contribution in [2.45, 2.75) is 26.7 Å². The fourth-order valence-corrected chi connectivity index (χ4v) is 4.69. The zero-order valence-corrected chi connectivity index (χ0v) is 14.5. The Labute approximate surface area is 138 Å². The van der Waals surface area contributed by atoms with Crippen LogP contribution < -0.4 is 0 Å². The Balaban J connectivity index is 1.83. The summed E-state index contributed by atoms with van der Waals surface area (Å²) >= 11 is 3.11. The van der Waals surface area contributed by atoms with Crippen LogP contribution in [0.4, 0.5) is 0 Å². The molecule has 4 nitrogen and oxygen atoms in total. The lowest BCUT2D eigenvalue weighted by Crippen LogP contribution is -2.46. The number of hydrogen-bond acceptors (Lipinski definition) is 5. The highest BCUT2D eigenvalue weighted by molar-refractivity contribution is 7.22. The minimum absolute atomic E-state index is 0.0529. The molecule has 0 spiro atoms. The van der Waals surface area contributed by atoms with Crippen molar-refractivity contribution in [1.29, 1.82) is 0 Å². The Morgan fingerprint density at radius 3 is 3.05 bits per heavy atom. The number of amides is 1. The normalized spacial score (nSPS) is 22.0. The van der Waals surface area contributed by atoms with Gasteiger partial charge in [-0.05, 0) is 31.2 Å². The molecular formula is C16H20N2O2S2. The van der Waals surface area contributed by atoms with Crippen LogP contribution in [0, 0.1) is 12.3 Å². The molecule has 1 atom stereocenters. The van der Waals surface area contributed by atoms with E-state index in [1.54, 1.807) is 11.3 Å². The van der Waals surface area contributed by atoms with Crippen LogP contribution >= 0.6 is 22.7 Å². The maximum Gasteiger partial charge on any atom is 0.265 e. The Bertz CT molecular complexity index is 666. The van der Waals surface area contributed by atoms with Crippen LogP contribution in [0.1, 0.15) is 35.1 Å². The second kappa shape index (κ2) is 6.10. The Kier molecular flexibility index (Phi) is 4.34. The monoisotopic (exact) mass is 336 g/mol. The summed E-state index contributed by atoms with van der Waals surface area (Å²) in [5.74, 6) is 0.0529. The zero-order valence-electron chi connectivity index (χ0n) is 12.8. The number of thiazole rings is 1. The number of aromatic nitrogens is 1. The van der Waals surface area contributed by atoms with Crippen molar-refractivity contribution >= 4 is 28.6 Å². The predicted octanol–water partition coefficient (Wildman–Crippen LogP) is 3.41. The largest absolute Gasteiger partial charge is 0.396 e. The van der Waals surface area contributed by atoms with Crippen LogP contribution in [-0.4, -0.2) is 40.6 Å². The molecule has 1 amide bonds. The minimum atomic E-state index is -0.177. The molecule has 1 saturated heterocycles. The third-order valence-corrected chi connectivity index (χ3v) is 6.36. The van der Waals surface area contributed by atoms with Gasteiger partial charge in [0.25, 0.3) is 5.91 Å². The van der Waals surface area contributed by atoms with E-state index in [4.69, 9.17) is 0 Å². The summed E-state index contributed by atoms with van der Waals surface area (Å²) in [4.78, 5) is 21.1. The van der Waals surface area contributed by atoms with Crippen molar-refractivity contribution in [3.63, 3.8) is 0 Å². The lowest BCUT2D eigenvalue weighted by atomic mass is 9.83. The van der Waals surface area contributed by atoms with Gasteiger partial charge >= 0.3 is 0 Å². The first kappa shape index (κ1) is 15.6. The molecule has 1 aliphatic heterocycles. The number of aliphatic hydroxyl groups excluding tert-OH is 1. The van der Waals surface area contributed by atoms with Crippen molar-refractivity contribution in [3.8, 4) is 9.88 Å². The number of hydrogen-bond donors (Lipinski definition) is 1. The van der Waals surface area contributed by atoms with Gasteiger partial charge in [0, 0.05) is 18.5 Å². The third-order valence-electron chi connectivity index (χ3n) is 4.17. The van der Waals surface area contributed by atoms with E-state index >= 15 is 0 Å². The smallest absolute Gasteiger partial charge is 0.265 e. The average Bonchev–Trinajstić information content (AvgIpc) is 3.16. The highest BCUT2D eigenvalue weighted by Crippen LogP contribution is 2.34. The second-order valence-corrected chi connectivity index (χ2v) is 8.16. The quantitative estimate of drug-likeness (QED) is 0.934. The molecular weight excluding hydrogens is 316 g/mol. The molecule has 1 aliphatic rings. The molecule has 0 saturated carbocycles. The van der Waals surface area contributed by atoms with E-state index in [2.05, 4.69) is 4.98 Å². The summed E-state index contributed by atoms with van der Waals surface area (Å²) in [6.45, 7) is 5.45. The number of carbonyl (C=O) groups is 1. The molecule has 3 rings (SSSR count). The lowest BCUT2D eigenvalue weighted by molar-refractivity contribution is 0.0360. The summed E-state index contributed by atoms with van der Waals surface area (Å²) in [7, 11) is 0. The average molecular weight is 336 g/mol. The number of nitrogens with zero attached hydrogens (tertiary/aromatic N) is 2. The van der Waals surface area contributed by atoms with Crippen molar-refractivity contribution < 1.29 is 9.90 Å². The fraction of sp³-hybridized carbons (Fsp3) is 0.500. The summed E-state index contributed by atoms with van der Waals surface area (Å²) in [6.07, 6.45) is 1.91. The van der Waals surface area contributed by atoms with Gasteiger partial charge in [0.1, 0.15) is 9.88 Å². The third kappa shape index (κ3) is 2.95. The van der Waals surface area contributed by atoms with Crippen LogP contribution in [-0.2, 0) is 0 Å². The molecule has 0 radical (unpaired) electrons. The van der Waals surface area contributed by atoms with E-state index in [1.807, 2.05) is 36.3 Å². The van der Waals surface area contributed by atoms with Crippen LogP contribution in [0.3, 0.4) is 0 Å². The van der Waals surface area contributed by atoms with Crippen LogP contribution in [0.15, 0.2) is 17.5 Å². The molecule has 0 aliphatic carbocycles. The van der Waals surface area contributed by atoms with Crippen LogP contribution in [0.5, 0.6) is 0 Å². The van der Waals surface area contributed by atoms with Crippen molar-refractivity contribution in [2.75, 3.05) is 19.7 Å². The molecule has 118 valence electrons. The van der Waals surface area contributed by atoms with Crippen LogP contribution in [0.25, 0.3) is 9.88 Å². The number of aryl methyl sites for hydroxylation is 1. The molecule has 0 aromatic carbocycles. The maximum absolute atomic E-state index is 12.8. The first-order valence-electron chi connectivity index (χ1n) is 7.44. The number of aliphatic hydroxyl groups is 1. The first-order chi connectivity index (χ1) is 10.5. The molecule has 1 N–H and O–H groups in total. The minimum Gasteiger partial charge on any atom is -0.396 e. The highest BCUT2D eigenvalue weighted by atomic mass is 32.1. The van der Waals surface area contributed by atoms with E-state index in [1.165, 1.54) is 11.3 Å². The fourth-order valence-electron chi connectivity index (χ4n) is 2.86. The molecule has 1 fully saturated rings. The van der Waals surface area contributed by atoms with Gasteiger partial charge in [-0.3, -0.25) is 4.79 Å². The number of piperidine rings is 1. The van der Waals surface area contributed by atoms with E-state index < -0.39 is 0 Å².